The topological polar surface area (TPSA) is 46.2 Å². The molecule has 68 valence electrons. The number of hydrogen-bond acceptors (Lipinski definition) is 3. The van der Waals surface area contributed by atoms with E-state index in [1.165, 1.54) is 11.8 Å². The average Bonchev–Trinajstić information content (AvgIpc) is 2.03. The van der Waals surface area contributed by atoms with Gasteiger partial charge in [0.25, 0.3) is 0 Å². The lowest BCUT2D eigenvalue weighted by molar-refractivity contribution is -0.121. The summed E-state index contributed by atoms with van der Waals surface area (Å²) in [7, 11) is 0. The van der Waals surface area contributed by atoms with Gasteiger partial charge in [0.1, 0.15) is 5.78 Å². The van der Waals surface area contributed by atoms with Crippen LogP contribution in [0, 0.1) is 0 Å². The summed E-state index contributed by atoms with van der Waals surface area (Å²) in [5, 5.41) is 2.79. The summed E-state index contributed by atoms with van der Waals surface area (Å²) in [6.45, 7) is 2.34. The Morgan fingerprint density at radius 1 is 1.75 bits per heavy atom. The first-order valence-corrected chi connectivity index (χ1v) is 5.14. The zero-order valence-corrected chi connectivity index (χ0v) is 7.95. The van der Waals surface area contributed by atoms with E-state index < -0.39 is 0 Å². The third-order valence-electron chi connectivity index (χ3n) is 1.72. The normalized spacial score (nSPS) is 23.4. The van der Waals surface area contributed by atoms with E-state index >= 15 is 0 Å². The predicted molar refractivity (Wildman–Crippen MR) is 49.2 cm³/mol. The fourth-order valence-corrected chi connectivity index (χ4v) is 2.12. The first-order chi connectivity index (χ1) is 5.70. The minimum Gasteiger partial charge on any atom is -0.355 e. The van der Waals surface area contributed by atoms with Crippen molar-refractivity contribution in [2.24, 2.45) is 0 Å². The molecule has 1 amide bonds. The van der Waals surface area contributed by atoms with Gasteiger partial charge in [-0.3, -0.25) is 9.59 Å². The van der Waals surface area contributed by atoms with Crippen LogP contribution in [0.25, 0.3) is 0 Å². The molecule has 1 N–H and O–H groups in total. The minimum absolute atomic E-state index is 0.00245. The summed E-state index contributed by atoms with van der Waals surface area (Å²) in [6, 6.07) is 0. The molecule has 0 aromatic carbocycles. The van der Waals surface area contributed by atoms with Crippen LogP contribution in [0.5, 0.6) is 0 Å². The van der Waals surface area contributed by atoms with Gasteiger partial charge in [0, 0.05) is 6.54 Å². The molecule has 0 aromatic rings. The number of nitrogens with one attached hydrogen (secondary N) is 1. The van der Waals surface area contributed by atoms with Crippen molar-refractivity contribution in [3.05, 3.63) is 0 Å². The van der Waals surface area contributed by atoms with Crippen molar-refractivity contribution in [1.82, 2.24) is 5.32 Å². The number of ketones is 1. The van der Waals surface area contributed by atoms with Crippen LogP contribution in [-0.2, 0) is 9.59 Å². The highest BCUT2D eigenvalue weighted by atomic mass is 32.2. The fourth-order valence-electron chi connectivity index (χ4n) is 1.12. The van der Waals surface area contributed by atoms with Gasteiger partial charge in [-0.15, -0.1) is 11.8 Å². The molecule has 1 atom stereocenters. The predicted octanol–water partition coefficient (Wildman–Crippen LogP) is 0.587. The molecule has 1 aliphatic heterocycles. The Morgan fingerprint density at radius 3 is 3.08 bits per heavy atom. The van der Waals surface area contributed by atoms with Gasteiger partial charge in [-0.2, -0.15) is 0 Å². The van der Waals surface area contributed by atoms with Crippen LogP contribution in [-0.4, -0.2) is 29.2 Å². The van der Waals surface area contributed by atoms with Gasteiger partial charge in [0.2, 0.25) is 5.91 Å². The molecular formula is C8H13NO2S. The first kappa shape index (κ1) is 9.58. The maximum Gasteiger partial charge on any atom is 0.233 e. The van der Waals surface area contributed by atoms with Gasteiger partial charge >= 0.3 is 0 Å². The molecule has 3 nitrogen and oxygen atoms in total. The first-order valence-electron chi connectivity index (χ1n) is 4.09. The zero-order valence-electron chi connectivity index (χ0n) is 7.13. The Labute approximate surface area is 76.3 Å². The van der Waals surface area contributed by atoms with Crippen molar-refractivity contribution in [3.8, 4) is 0 Å². The zero-order chi connectivity index (χ0) is 8.97. The molecule has 0 spiro atoms. The van der Waals surface area contributed by atoms with E-state index in [0.29, 0.717) is 5.75 Å². The van der Waals surface area contributed by atoms with E-state index in [0.717, 1.165) is 19.4 Å². The lowest BCUT2D eigenvalue weighted by atomic mass is 10.1. The van der Waals surface area contributed by atoms with Crippen molar-refractivity contribution in [3.63, 3.8) is 0 Å². The van der Waals surface area contributed by atoms with Gasteiger partial charge < -0.3 is 5.32 Å². The second-order valence-corrected chi connectivity index (χ2v) is 4.13. The van der Waals surface area contributed by atoms with Crippen LogP contribution < -0.4 is 5.32 Å². The molecule has 1 heterocycles. The van der Waals surface area contributed by atoms with Crippen LogP contribution in [0.3, 0.4) is 0 Å². The molecular weight excluding hydrogens is 174 g/mol. The number of Topliss-reactive ketones (excluding diaryl/α,β-unsaturated/α-hetero) is 1. The highest BCUT2D eigenvalue weighted by Gasteiger charge is 2.22. The summed E-state index contributed by atoms with van der Waals surface area (Å²) in [4.78, 5) is 21.8. The standard InChI is InChI=1S/C8H13NO2S/c1-6(10)5-12-7-3-2-4-9-8(7)11/h7H,2-5H2,1H3,(H,9,11). The van der Waals surface area contributed by atoms with Gasteiger partial charge in [-0.05, 0) is 19.8 Å². The molecule has 0 bridgehead atoms. The Morgan fingerprint density at radius 2 is 2.50 bits per heavy atom. The fraction of sp³-hybridized carbons (Fsp3) is 0.750. The molecule has 0 radical (unpaired) electrons. The summed E-state index contributed by atoms with van der Waals surface area (Å²) < 4.78 is 0. The van der Waals surface area contributed by atoms with E-state index in [4.69, 9.17) is 0 Å². The van der Waals surface area contributed by atoms with E-state index in [2.05, 4.69) is 5.32 Å². The number of amides is 1. The van der Waals surface area contributed by atoms with Crippen LogP contribution in [0.15, 0.2) is 0 Å². The van der Waals surface area contributed by atoms with Crippen molar-refractivity contribution >= 4 is 23.5 Å². The molecule has 1 rings (SSSR count). The molecule has 1 aliphatic rings. The Hall–Kier alpha value is -0.510. The highest BCUT2D eigenvalue weighted by Crippen LogP contribution is 2.19. The van der Waals surface area contributed by atoms with E-state index in [1.54, 1.807) is 6.92 Å². The second-order valence-electron chi connectivity index (χ2n) is 2.93. The summed E-state index contributed by atoms with van der Waals surface area (Å²) in [5.41, 5.74) is 0. The number of piperidine rings is 1. The maximum atomic E-state index is 11.2. The lowest BCUT2D eigenvalue weighted by Gasteiger charge is -2.20. The van der Waals surface area contributed by atoms with Gasteiger partial charge in [0.05, 0.1) is 11.0 Å². The smallest absolute Gasteiger partial charge is 0.233 e. The van der Waals surface area contributed by atoms with E-state index in [1.807, 2.05) is 0 Å². The van der Waals surface area contributed by atoms with Crippen molar-refractivity contribution in [2.75, 3.05) is 12.3 Å². The van der Waals surface area contributed by atoms with Gasteiger partial charge in [-0.1, -0.05) is 0 Å². The Balaban J connectivity index is 2.29. The Bertz CT molecular complexity index is 193. The molecule has 0 aliphatic carbocycles. The molecule has 1 saturated heterocycles. The third kappa shape index (κ3) is 2.85. The molecule has 12 heavy (non-hydrogen) atoms. The molecule has 0 saturated carbocycles. The average molecular weight is 187 g/mol. The van der Waals surface area contributed by atoms with Gasteiger partial charge in [-0.25, -0.2) is 0 Å². The molecule has 0 aromatic heterocycles. The number of hydrogen-bond donors (Lipinski definition) is 1. The SMILES string of the molecule is CC(=O)CSC1CCCNC1=O. The third-order valence-corrected chi connectivity index (χ3v) is 3.15. The van der Waals surface area contributed by atoms with Crippen LogP contribution in [0.4, 0.5) is 0 Å². The lowest BCUT2D eigenvalue weighted by Crippen LogP contribution is -2.38. The molecule has 4 heteroatoms. The number of carbonyl (C=O) groups is 2. The van der Waals surface area contributed by atoms with Crippen LogP contribution >= 0.6 is 11.8 Å². The van der Waals surface area contributed by atoms with E-state index in [9.17, 15) is 9.59 Å². The number of thioether (sulfide) groups is 1. The van der Waals surface area contributed by atoms with Crippen molar-refractivity contribution < 1.29 is 9.59 Å². The number of carbonyl (C=O) groups excluding carboxylic acids is 2. The number of rotatable bonds is 3. The summed E-state index contributed by atoms with van der Waals surface area (Å²) >= 11 is 1.45. The minimum atomic E-state index is 0.00245. The quantitative estimate of drug-likeness (QED) is 0.703. The van der Waals surface area contributed by atoms with E-state index in [-0.39, 0.29) is 16.9 Å². The van der Waals surface area contributed by atoms with Crippen molar-refractivity contribution in [2.45, 2.75) is 25.0 Å². The van der Waals surface area contributed by atoms with Crippen molar-refractivity contribution in [1.29, 1.82) is 0 Å². The second kappa shape index (κ2) is 4.50. The summed E-state index contributed by atoms with van der Waals surface area (Å²) in [5.74, 6) is 0.684. The monoisotopic (exact) mass is 187 g/mol. The van der Waals surface area contributed by atoms with Crippen LogP contribution in [0.2, 0.25) is 0 Å². The largest absolute Gasteiger partial charge is 0.355 e. The van der Waals surface area contributed by atoms with Crippen LogP contribution in [0.1, 0.15) is 19.8 Å². The van der Waals surface area contributed by atoms with Gasteiger partial charge in [0.15, 0.2) is 0 Å². The molecule has 1 unspecified atom stereocenters. The highest BCUT2D eigenvalue weighted by molar-refractivity contribution is 8.01. The maximum absolute atomic E-state index is 11.2. The Kier molecular flexibility index (Phi) is 3.59. The molecule has 1 fully saturated rings. The summed E-state index contributed by atoms with van der Waals surface area (Å²) in [6.07, 6.45) is 1.94.